The van der Waals surface area contributed by atoms with Crippen molar-refractivity contribution in [3.63, 3.8) is 0 Å². The van der Waals surface area contributed by atoms with Crippen LogP contribution in [0.4, 0.5) is 24.5 Å². The lowest BCUT2D eigenvalue weighted by molar-refractivity contribution is -0.134. The number of nitrogens with one attached hydrogen (secondary N) is 1. The molecule has 4 N–H and O–H groups in total. The molecule has 100 valence electrons. The Hall–Kier alpha value is -1.92. The fraction of sp³-hybridized carbons (Fsp3) is 0.364. The second-order valence-electron chi connectivity index (χ2n) is 3.75. The number of carboxylic acids is 1. The summed E-state index contributed by atoms with van der Waals surface area (Å²) in [6, 6.07) is 4.03. The van der Waals surface area contributed by atoms with Gasteiger partial charge in [-0.2, -0.15) is 13.2 Å². The van der Waals surface area contributed by atoms with Crippen LogP contribution in [-0.2, 0) is 0 Å². The van der Waals surface area contributed by atoms with Crippen molar-refractivity contribution in [3.8, 4) is 0 Å². The molecule has 0 heterocycles. The van der Waals surface area contributed by atoms with Crippen molar-refractivity contribution in [1.29, 1.82) is 0 Å². The van der Waals surface area contributed by atoms with Crippen LogP contribution >= 0.6 is 0 Å². The average Bonchev–Trinajstić information content (AvgIpc) is 2.24. The summed E-state index contributed by atoms with van der Waals surface area (Å²) in [5, 5.41) is 11.4. The molecule has 0 radical (unpaired) electrons. The van der Waals surface area contributed by atoms with Crippen molar-refractivity contribution < 1.29 is 23.1 Å². The minimum Gasteiger partial charge on any atom is -0.478 e. The Morgan fingerprint density at radius 1 is 1.39 bits per heavy atom. The standard InChI is InChI=1S/C11H13F3N2O2/c12-11(13,14)4-1-5-16-9-3-2-7(10(17)18)6-8(9)15/h2-3,6,16H,1,4-5,15H2,(H,17,18). The van der Waals surface area contributed by atoms with Crippen LogP contribution in [0.3, 0.4) is 0 Å². The zero-order valence-electron chi connectivity index (χ0n) is 9.42. The van der Waals surface area contributed by atoms with E-state index in [2.05, 4.69) is 5.32 Å². The fourth-order valence-corrected chi connectivity index (χ4v) is 1.37. The molecule has 1 aromatic carbocycles. The molecule has 0 fully saturated rings. The van der Waals surface area contributed by atoms with Crippen molar-refractivity contribution in [2.24, 2.45) is 0 Å². The van der Waals surface area contributed by atoms with E-state index in [-0.39, 0.29) is 24.2 Å². The summed E-state index contributed by atoms with van der Waals surface area (Å²) in [5.74, 6) is -1.11. The van der Waals surface area contributed by atoms with Crippen molar-refractivity contribution in [2.75, 3.05) is 17.6 Å². The molecular formula is C11H13F3N2O2. The first kappa shape index (κ1) is 14.1. The van der Waals surface area contributed by atoms with E-state index < -0.39 is 18.6 Å². The predicted molar refractivity (Wildman–Crippen MR) is 61.6 cm³/mol. The third-order valence-corrected chi connectivity index (χ3v) is 2.25. The Kier molecular flexibility index (Phi) is 4.41. The molecule has 0 saturated carbocycles. The van der Waals surface area contributed by atoms with E-state index in [4.69, 9.17) is 10.8 Å². The quantitative estimate of drug-likeness (QED) is 0.563. The topological polar surface area (TPSA) is 75.4 Å². The predicted octanol–water partition coefficient (Wildman–Crippen LogP) is 2.72. The van der Waals surface area contributed by atoms with Gasteiger partial charge in [0.2, 0.25) is 0 Å². The van der Waals surface area contributed by atoms with Gasteiger partial charge in [-0.15, -0.1) is 0 Å². The molecule has 7 heteroatoms. The van der Waals surface area contributed by atoms with Crippen molar-refractivity contribution in [3.05, 3.63) is 23.8 Å². The van der Waals surface area contributed by atoms with Crippen LogP contribution in [0.15, 0.2) is 18.2 Å². The Bertz CT molecular complexity index is 433. The first-order valence-corrected chi connectivity index (χ1v) is 5.23. The van der Waals surface area contributed by atoms with E-state index in [0.29, 0.717) is 5.69 Å². The van der Waals surface area contributed by atoms with Crippen LogP contribution in [0.25, 0.3) is 0 Å². The average molecular weight is 262 g/mol. The lowest BCUT2D eigenvalue weighted by Gasteiger charge is -2.10. The summed E-state index contributed by atoms with van der Waals surface area (Å²) >= 11 is 0. The number of aromatic carboxylic acids is 1. The molecule has 0 amide bonds. The summed E-state index contributed by atoms with van der Waals surface area (Å²) in [6.07, 6.45) is -5.10. The summed E-state index contributed by atoms with van der Waals surface area (Å²) in [7, 11) is 0. The van der Waals surface area contributed by atoms with Crippen LogP contribution in [0, 0.1) is 0 Å². The molecule has 4 nitrogen and oxygen atoms in total. The highest BCUT2D eigenvalue weighted by molar-refractivity contribution is 5.90. The van der Waals surface area contributed by atoms with Gasteiger partial charge in [0, 0.05) is 13.0 Å². The van der Waals surface area contributed by atoms with E-state index in [1.54, 1.807) is 0 Å². The molecule has 0 unspecified atom stereocenters. The van der Waals surface area contributed by atoms with E-state index in [1.165, 1.54) is 18.2 Å². The molecule has 0 atom stereocenters. The minimum atomic E-state index is -4.17. The molecule has 1 rings (SSSR count). The zero-order chi connectivity index (χ0) is 13.8. The van der Waals surface area contributed by atoms with E-state index in [1.807, 2.05) is 0 Å². The lowest BCUT2D eigenvalue weighted by atomic mass is 10.1. The first-order valence-electron chi connectivity index (χ1n) is 5.23. The highest BCUT2D eigenvalue weighted by Crippen LogP contribution is 2.23. The van der Waals surface area contributed by atoms with Gasteiger partial charge in [-0.3, -0.25) is 0 Å². The molecular weight excluding hydrogens is 249 g/mol. The van der Waals surface area contributed by atoms with Crippen LogP contribution < -0.4 is 11.1 Å². The van der Waals surface area contributed by atoms with E-state index >= 15 is 0 Å². The number of halogens is 3. The minimum absolute atomic E-state index is 0.0355. The van der Waals surface area contributed by atoms with Crippen LogP contribution in [0.2, 0.25) is 0 Å². The molecule has 0 aliphatic heterocycles. The van der Waals surface area contributed by atoms with Gasteiger partial charge in [-0.05, 0) is 24.6 Å². The summed E-state index contributed by atoms with van der Waals surface area (Å²) in [4.78, 5) is 10.6. The molecule has 0 aliphatic rings. The number of alkyl halides is 3. The normalized spacial score (nSPS) is 11.3. The summed E-state index contributed by atoms with van der Waals surface area (Å²) < 4.78 is 35.7. The van der Waals surface area contributed by atoms with Gasteiger partial charge in [0.05, 0.1) is 16.9 Å². The van der Waals surface area contributed by atoms with Gasteiger partial charge in [0.15, 0.2) is 0 Å². The van der Waals surface area contributed by atoms with Gasteiger partial charge in [0.25, 0.3) is 0 Å². The number of rotatable bonds is 5. The monoisotopic (exact) mass is 262 g/mol. The van der Waals surface area contributed by atoms with Crippen LogP contribution in [0.1, 0.15) is 23.2 Å². The van der Waals surface area contributed by atoms with Gasteiger partial charge in [0.1, 0.15) is 0 Å². The van der Waals surface area contributed by atoms with E-state index in [9.17, 15) is 18.0 Å². The van der Waals surface area contributed by atoms with Crippen LogP contribution in [0.5, 0.6) is 0 Å². The smallest absolute Gasteiger partial charge is 0.389 e. The molecule has 0 aliphatic carbocycles. The molecule has 18 heavy (non-hydrogen) atoms. The number of carboxylic acid groups (broad SMARTS) is 1. The second-order valence-corrected chi connectivity index (χ2v) is 3.75. The van der Waals surface area contributed by atoms with Crippen LogP contribution in [-0.4, -0.2) is 23.8 Å². The number of carbonyl (C=O) groups is 1. The Morgan fingerprint density at radius 3 is 2.56 bits per heavy atom. The lowest BCUT2D eigenvalue weighted by Crippen LogP contribution is -2.11. The Balaban J connectivity index is 2.51. The third kappa shape index (κ3) is 4.52. The number of benzene rings is 1. The highest BCUT2D eigenvalue weighted by atomic mass is 19.4. The van der Waals surface area contributed by atoms with Crippen molar-refractivity contribution in [2.45, 2.75) is 19.0 Å². The van der Waals surface area contributed by atoms with Gasteiger partial charge in [-0.1, -0.05) is 0 Å². The van der Waals surface area contributed by atoms with Gasteiger partial charge < -0.3 is 16.2 Å². The zero-order valence-corrected chi connectivity index (χ0v) is 9.42. The van der Waals surface area contributed by atoms with Crippen molar-refractivity contribution in [1.82, 2.24) is 0 Å². The largest absolute Gasteiger partial charge is 0.478 e. The number of anilines is 2. The summed E-state index contributed by atoms with van der Waals surface area (Å²) in [6.45, 7) is 0.121. The Labute approximate surface area is 102 Å². The van der Waals surface area contributed by atoms with Gasteiger partial charge in [-0.25, -0.2) is 4.79 Å². The Morgan fingerprint density at radius 2 is 2.06 bits per heavy atom. The molecule has 0 bridgehead atoms. The van der Waals surface area contributed by atoms with Crippen molar-refractivity contribution >= 4 is 17.3 Å². The number of hydrogen-bond acceptors (Lipinski definition) is 3. The summed E-state index contributed by atoms with van der Waals surface area (Å²) in [5.41, 5.74) is 6.24. The maximum atomic E-state index is 11.9. The molecule has 0 spiro atoms. The fourth-order valence-electron chi connectivity index (χ4n) is 1.37. The maximum absolute atomic E-state index is 11.9. The highest BCUT2D eigenvalue weighted by Gasteiger charge is 2.25. The number of hydrogen-bond donors (Lipinski definition) is 3. The number of nitrogens with two attached hydrogens (primary N) is 1. The SMILES string of the molecule is Nc1cc(C(=O)O)ccc1NCCCC(F)(F)F. The van der Waals surface area contributed by atoms with E-state index in [0.717, 1.165) is 0 Å². The second kappa shape index (κ2) is 5.61. The number of nitrogen functional groups attached to an aromatic ring is 1. The van der Waals surface area contributed by atoms with Gasteiger partial charge >= 0.3 is 12.1 Å². The maximum Gasteiger partial charge on any atom is 0.389 e. The molecule has 0 aromatic heterocycles. The third-order valence-electron chi connectivity index (χ3n) is 2.25. The first-order chi connectivity index (χ1) is 8.29. The molecule has 1 aromatic rings. The molecule has 0 saturated heterocycles.